The molecule has 5 nitrogen and oxygen atoms in total. The largest absolute Gasteiger partial charge is 0.471 e. The van der Waals surface area contributed by atoms with Crippen LogP contribution in [0, 0.1) is 0 Å². The van der Waals surface area contributed by atoms with Gasteiger partial charge in [0.1, 0.15) is 0 Å². The third kappa shape index (κ3) is 7.98. The van der Waals surface area contributed by atoms with Crippen LogP contribution in [0.2, 0.25) is 0 Å². The lowest BCUT2D eigenvalue weighted by Crippen LogP contribution is -2.43. The van der Waals surface area contributed by atoms with Gasteiger partial charge in [0.2, 0.25) is 0 Å². The van der Waals surface area contributed by atoms with Gasteiger partial charge in [0.05, 0.1) is 13.0 Å². The number of hydrogen-bond acceptors (Lipinski definition) is 4. The van der Waals surface area contributed by atoms with Gasteiger partial charge in [-0.15, -0.1) is 0 Å². The SMILES string of the molecule is CCOC(=O)CCN(CCCN(C)C)C(=O)C(F)(F)F. The van der Waals surface area contributed by atoms with Gasteiger partial charge in [0.25, 0.3) is 0 Å². The first-order valence-electron chi connectivity index (χ1n) is 6.35. The van der Waals surface area contributed by atoms with Gasteiger partial charge >= 0.3 is 18.1 Å². The van der Waals surface area contributed by atoms with E-state index in [-0.39, 0.29) is 26.1 Å². The molecule has 0 saturated heterocycles. The molecule has 0 spiro atoms. The highest BCUT2D eigenvalue weighted by Crippen LogP contribution is 2.19. The Balaban J connectivity index is 4.47. The van der Waals surface area contributed by atoms with E-state index in [1.54, 1.807) is 21.0 Å². The summed E-state index contributed by atoms with van der Waals surface area (Å²) in [7, 11) is 3.57. The standard InChI is InChI=1S/C12H21F3N2O3/c1-4-20-10(18)6-9-17(8-5-7-16(2)3)11(19)12(13,14)15/h4-9H2,1-3H3. The number of carbonyl (C=O) groups is 2. The van der Waals surface area contributed by atoms with Crippen LogP contribution in [-0.4, -0.2) is 68.2 Å². The van der Waals surface area contributed by atoms with Crippen LogP contribution >= 0.6 is 0 Å². The second-order valence-electron chi connectivity index (χ2n) is 4.50. The van der Waals surface area contributed by atoms with Gasteiger partial charge < -0.3 is 14.5 Å². The van der Waals surface area contributed by atoms with E-state index in [2.05, 4.69) is 4.74 Å². The van der Waals surface area contributed by atoms with Crippen LogP contribution in [0.4, 0.5) is 13.2 Å². The summed E-state index contributed by atoms with van der Waals surface area (Å²) in [6.07, 6.45) is -4.76. The molecule has 0 heterocycles. The van der Waals surface area contributed by atoms with Crippen molar-refractivity contribution in [3.63, 3.8) is 0 Å². The average molecular weight is 298 g/mol. The summed E-state index contributed by atoms with van der Waals surface area (Å²) in [6.45, 7) is 1.99. The van der Waals surface area contributed by atoms with Crippen LogP contribution in [-0.2, 0) is 14.3 Å². The fourth-order valence-electron chi connectivity index (χ4n) is 1.53. The molecule has 0 aliphatic rings. The van der Waals surface area contributed by atoms with Gasteiger partial charge in [-0.05, 0) is 34.0 Å². The number of carbonyl (C=O) groups excluding carboxylic acids is 2. The van der Waals surface area contributed by atoms with Crippen LogP contribution in [0.5, 0.6) is 0 Å². The van der Waals surface area contributed by atoms with Gasteiger partial charge in [0.15, 0.2) is 0 Å². The van der Waals surface area contributed by atoms with Crippen molar-refractivity contribution in [2.24, 2.45) is 0 Å². The van der Waals surface area contributed by atoms with E-state index in [0.717, 1.165) is 0 Å². The molecule has 118 valence electrons. The van der Waals surface area contributed by atoms with Crippen molar-refractivity contribution >= 4 is 11.9 Å². The Labute approximate surface area is 116 Å². The Morgan fingerprint density at radius 2 is 1.70 bits per heavy atom. The summed E-state index contributed by atoms with van der Waals surface area (Å²) < 4.78 is 42.0. The molecule has 0 aromatic heterocycles. The molecule has 0 aromatic rings. The third-order valence-corrected chi connectivity index (χ3v) is 2.45. The molecule has 1 amide bonds. The van der Waals surface area contributed by atoms with Crippen molar-refractivity contribution in [3.8, 4) is 0 Å². The topological polar surface area (TPSA) is 49.9 Å². The van der Waals surface area contributed by atoms with Gasteiger partial charge in [-0.3, -0.25) is 9.59 Å². The van der Waals surface area contributed by atoms with Crippen molar-refractivity contribution < 1.29 is 27.5 Å². The minimum Gasteiger partial charge on any atom is -0.466 e. The zero-order valence-electron chi connectivity index (χ0n) is 12.0. The summed E-state index contributed by atoms with van der Waals surface area (Å²) in [4.78, 5) is 24.9. The van der Waals surface area contributed by atoms with E-state index in [0.29, 0.717) is 17.9 Å². The van der Waals surface area contributed by atoms with Gasteiger partial charge in [-0.25, -0.2) is 0 Å². The molecule has 0 rings (SSSR count). The fourth-order valence-corrected chi connectivity index (χ4v) is 1.53. The van der Waals surface area contributed by atoms with Crippen LogP contribution in [0.1, 0.15) is 19.8 Å². The number of hydrogen-bond donors (Lipinski definition) is 0. The second-order valence-corrected chi connectivity index (χ2v) is 4.50. The number of esters is 1. The van der Waals surface area contributed by atoms with Crippen molar-refractivity contribution in [1.29, 1.82) is 0 Å². The first-order valence-corrected chi connectivity index (χ1v) is 6.35. The normalized spacial score (nSPS) is 11.6. The predicted molar refractivity (Wildman–Crippen MR) is 67.1 cm³/mol. The minimum absolute atomic E-state index is 0.0457. The van der Waals surface area contributed by atoms with Crippen molar-refractivity contribution in [2.75, 3.05) is 40.3 Å². The van der Waals surface area contributed by atoms with Gasteiger partial charge in [-0.1, -0.05) is 0 Å². The molecule has 20 heavy (non-hydrogen) atoms. The molecule has 0 bridgehead atoms. The summed E-state index contributed by atoms with van der Waals surface area (Å²) in [5.74, 6) is -2.53. The second kappa shape index (κ2) is 8.78. The van der Waals surface area contributed by atoms with E-state index in [9.17, 15) is 22.8 Å². The maximum absolute atomic E-state index is 12.4. The van der Waals surface area contributed by atoms with E-state index in [4.69, 9.17) is 0 Å². The highest BCUT2D eigenvalue weighted by atomic mass is 19.4. The first-order chi connectivity index (χ1) is 9.18. The monoisotopic (exact) mass is 298 g/mol. The lowest BCUT2D eigenvalue weighted by molar-refractivity contribution is -0.185. The zero-order chi connectivity index (χ0) is 15.8. The average Bonchev–Trinajstić information content (AvgIpc) is 2.31. The molecule has 0 atom stereocenters. The molecule has 0 radical (unpaired) electrons. The smallest absolute Gasteiger partial charge is 0.466 e. The first kappa shape index (κ1) is 18.7. The Morgan fingerprint density at radius 3 is 2.15 bits per heavy atom. The van der Waals surface area contributed by atoms with Crippen LogP contribution in [0.25, 0.3) is 0 Å². The quantitative estimate of drug-likeness (QED) is 0.634. The Morgan fingerprint density at radius 1 is 1.10 bits per heavy atom. The molecule has 0 unspecified atom stereocenters. The van der Waals surface area contributed by atoms with Crippen LogP contribution < -0.4 is 0 Å². The molecular formula is C12H21F3N2O3. The van der Waals surface area contributed by atoms with Crippen LogP contribution in [0.15, 0.2) is 0 Å². The van der Waals surface area contributed by atoms with Gasteiger partial charge in [0, 0.05) is 13.1 Å². The highest BCUT2D eigenvalue weighted by molar-refractivity contribution is 5.82. The van der Waals surface area contributed by atoms with Crippen molar-refractivity contribution in [3.05, 3.63) is 0 Å². The molecule has 0 aromatic carbocycles. The number of nitrogens with zero attached hydrogens (tertiary/aromatic N) is 2. The number of amides is 1. The molecule has 0 fully saturated rings. The Bertz CT molecular complexity index is 320. The summed E-state index contributed by atoms with van der Waals surface area (Å²) >= 11 is 0. The number of ether oxygens (including phenoxy) is 1. The highest BCUT2D eigenvalue weighted by Gasteiger charge is 2.42. The Kier molecular flexibility index (Phi) is 8.21. The molecule has 0 aliphatic heterocycles. The maximum Gasteiger partial charge on any atom is 0.471 e. The zero-order valence-corrected chi connectivity index (χ0v) is 12.0. The number of halogens is 3. The summed E-state index contributed by atoms with van der Waals surface area (Å²) in [6, 6.07) is 0. The predicted octanol–water partition coefficient (Wildman–Crippen LogP) is 1.28. The molecule has 0 saturated carbocycles. The maximum atomic E-state index is 12.4. The fraction of sp³-hybridized carbons (Fsp3) is 0.833. The molecule has 8 heteroatoms. The number of rotatable bonds is 8. The van der Waals surface area contributed by atoms with Crippen LogP contribution in [0.3, 0.4) is 0 Å². The molecule has 0 N–H and O–H groups in total. The van der Waals surface area contributed by atoms with E-state index in [1.165, 1.54) is 0 Å². The van der Waals surface area contributed by atoms with E-state index >= 15 is 0 Å². The van der Waals surface area contributed by atoms with Crippen molar-refractivity contribution in [1.82, 2.24) is 9.80 Å². The molecule has 0 aliphatic carbocycles. The number of alkyl halides is 3. The van der Waals surface area contributed by atoms with Crippen molar-refractivity contribution in [2.45, 2.75) is 25.9 Å². The summed E-state index contributed by atoms with van der Waals surface area (Å²) in [5.41, 5.74) is 0. The minimum atomic E-state index is -4.92. The van der Waals surface area contributed by atoms with Gasteiger partial charge in [-0.2, -0.15) is 13.2 Å². The lowest BCUT2D eigenvalue weighted by atomic mass is 10.3. The summed E-state index contributed by atoms with van der Waals surface area (Å²) in [5, 5.41) is 0. The third-order valence-electron chi connectivity index (χ3n) is 2.45. The Hall–Kier alpha value is -1.31. The molecular weight excluding hydrogens is 277 g/mol. The van der Waals surface area contributed by atoms with E-state index < -0.39 is 18.1 Å². The lowest BCUT2D eigenvalue weighted by Gasteiger charge is -2.24. The van der Waals surface area contributed by atoms with E-state index in [1.807, 2.05) is 4.90 Å².